The summed E-state index contributed by atoms with van der Waals surface area (Å²) in [7, 11) is 1.64. The van der Waals surface area contributed by atoms with Gasteiger partial charge in [0.25, 0.3) is 0 Å². The molecule has 0 bridgehead atoms. The van der Waals surface area contributed by atoms with Crippen LogP contribution < -0.4 is 10.1 Å². The van der Waals surface area contributed by atoms with Gasteiger partial charge in [-0.25, -0.2) is 4.98 Å². The highest BCUT2D eigenvalue weighted by Crippen LogP contribution is 2.30. The third-order valence-corrected chi connectivity index (χ3v) is 3.17. The van der Waals surface area contributed by atoms with E-state index in [0.717, 1.165) is 11.0 Å². The molecule has 0 aromatic carbocycles. The molecule has 3 nitrogen and oxygen atoms in total. The summed E-state index contributed by atoms with van der Waals surface area (Å²) in [6.07, 6.45) is 4.22. The van der Waals surface area contributed by atoms with Gasteiger partial charge in [0.15, 0.2) is 0 Å². The Morgan fingerprint density at radius 2 is 2.50 bits per heavy atom. The van der Waals surface area contributed by atoms with Crippen LogP contribution >= 0.6 is 15.9 Å². The lowest BCUT2D eigenvalue weighted by Crippen LogP contribution is -2.13. The molecule has 0 saturated carbocycles. The zero-order chi connectivity index (χ0) is 9.97. The van der Waals surface area contributed by atoms with E-state index in [4.69, 9.17) is 4.74 Å². The summed E-state index contributed by atoms with van der Waals surface area (Å²) in [6, 6.07) is 2.44. The highest BCUT2D eigenvalue weighted by atomic mass is 79.9. The average Bonchev–Trinajstić information content (AvgIpc) is 2.71. The van der Waals surface area contributed by atoms with E-state index in [1.807, 2.05) is 6.07 Å². The molecule has 1 aromatic heterocycles. The van der Waals surface area contributed by atoms with Crippen LogP contribution in [0.25, 0.3) is 0 Å². The van der Waals surface area contributed by atoms with Crippen LogP contribution in [0.15, 0.2) is 16.7 Å². The number of nitrogens with zero attached hydrogens (tertiary/aromatic N) is 1. The van der Waals surface area contributed by atoms with Gasteiger partial charge >= 0.3 is 0 Å². The second-order valence-corrected chi connectivity index (χ2v) is 4.25. The van der Waals surface area contributed by atoms with Crippen molar-refractivity contribution in [2.45, 2.75) is 18.9 Å². The van der Waals surface area contributed by atoms with Crippen LogP contribution in [0.2, 0.25) is 0 Å². The van der Waals surface area contributed by atoms with Gasteiger partial charge in [0.1, 0.15) is 0 Å². The van der Waals surface area contributed by atoms with E-state index in [1.165, 1.54) is 18.4 Å². The molecule has 4 heteroatoms. The van der Waals surface area contributed by atoms with Gasteiger partial charge in [-0.3, -0.25) is 0 Å². The predicted octanol–water partition coefficient (Wildman–Crippen LogP) is 2.28. The molecule has 2 rings (SSSR count). The Bertz CT molecular complexity index is 324. The van der Waals surface area contributed by atoms with Gasteiger partial charge in [0.05, 0.1) is 7.11 Å². The first-order chi connectivity index (χ1) is 6.81. The number of ether oxygens (including phenoxy) is 1. The third kappa shape index (κ3) is 1.91. The fourth-order valence-electron chi connectivity index (χ4n) is 1.76. The van der Waals surface area contributed by atoms with Crippen molar-refractivity contribution in [3.63, 3.8) is 0 Å². The Labute approximate surface area is 92.0 Å². The normalized spacial score (nSPS) is 21.1. The summed E-state index contributed by atoms with van der Waals surface area (Å²) < 4.78 is 6.16. The lowest BCUT2D eigenvalue weighted by molar-refractivity contribution is 0.396. The highest BCUT2D eigenvalue weighted by Gasteiger charge is 2.19. The molecule has 1 unspecified atom stereocenters. The standard InChI is InChI=1S/C10H13BrN2O/c1-14-10-5-7(8(11)6-13-10)9-3-2-4-12-9/h5-6,9,12H,2-4H2,1H3. The molecular formula is C10H13BrN2O. The first kappa shape index (κ1) is 9.93. The van der Waals surface area contributed by atoms with Gasteiger partial charge in [-0.1, -0.05) is 0 Å². The lowest BCUT2D eigenvalue weighted by atomic mass is 10.1. The van der Waals surface area contributed by atoms with Crippen molar-refractivity contribution in [3.05, 3.63) is 22.3 Å². The molecule has 1 aromatic rings. The molecule has 1 aliphatic rings. The van der Waals surface area contributed by atoms with E-state index in [-0.39, 0.29) is 0 Å². The molecule has 14 heavy (non-hydrogen) atoms. The summed E-state index contributed by atoms with van der Waals surface area (Å²) in [5.41, 5.74) is 1.24. The Balaban J connectivity index is 2.29. The summed E-state index contributed by atoms with van der Waals surface area (Å²) in [6.45, 7) is 1.10. The van der Waals surface area contributed by atoms with Gasteiger partial charge < -0.3 is 10.1 Å². The smallest absolute Gasteiger partial charge is 0.213 e. The number of rotatable bonds is 2. The molecule has 1 N–H and O–H groups in total. The van der Waals surface area contributed by atoms with Gasteiger partial charge in [0, 0.05) is 22.8 Å². The van der Waals surface area contributed by atoms with Crippen molar-refractivity contribution in [1.82, 2.24) is 10.3 Å². The van der Waals surface area contributed by atoms with E-state index >= 15 is 0 Å². The van der Waals surface area contributed by atoms with Gasteiger partial charge in [-0.15, -0.1) is 0 Å². The monoisotopic (exact) mass is 256 g/mol. The molecule has 1 aliphatic heterocycles. The van der Waals surface area contributed by atoms with Crippen molar-refractivity contribution in [1.29, 1.82) is 0 Å². The first-order valence-electron chi connectivity index (χ1n) is 4.74. The summed E-state index contributed by atoms with van der Waals surface area (Å²) in [5.74, 6) is 0.678. The third-order valence-electron chi connectivity index (χ3n) is 2.50. The van der Waals surface area contributed by atoms with Crippen LogP contribution in [0.1, 0.15) is 24.4 Å². The molecule has 1 atom stereocenters. The zero-order valence-electron chi connectivity index (χ0n) is 8.09. The molecule has 0 aliphatic carbocycles. The number of halogens is 1. The van der Waals surface area contributed by atoms with E-state index in [1.54, 1.807) is 13.3 Å². The summed E-state index contributed by atoms with van der Waals surface area (Å²) >= 11 is 3.51. The summed E-state index contributed by atoms with van der Waals surface area (Å²) in [4.78, 5) is 4.13. The quantitative estimate of drug-likeness (QED) is 0.882. The van der Waals surface area contributed by atoms with Crippen molar-refractivity contribution in [2.75, 3.05) is 13.7 Å². The number of hydrogen-bond acceptors (Lipinski definition) is 3. The minimum absolute atomic E-state index is 0.446. The molecule has 1 fully saturated rings. The van der Waals surface area contributed by atoms with Crippen LogP contribution in [-0.2, 0) is 0 Å². The van der Waals surface area contributed by atoms with Gasteiger partial charge in [-0.05, 0) is 40.9 Å². The highest BCUT2D eigenvalue weighted by molar-refractivity contribution is 9.10. The second-order valence-electron chi connectivity index (χ2n) is 3.40. The van der Waals surface area contributed by atoms with Crippen LogP contribution in [0.3, 0.4) is 0 Å². The van der Waals surface area contributed by atoms with E-state index in [0.29, 0.717) is 11.9 Å². The fraction of sp³-hybridized carbons (Fsp3) is 0.500. The SMILES string of the molecule is COc1cc(C2CCCN2)c(Br)cn1. The largest absolute Gasteiger partial charge is 0.481 e. The van der Waals surface area contributed by atoms with E-state index in [2.05, 4.69) is 26.2 Å². The number of aromatic nitrogens is 1. The Hall–Kier alpha value is -0.610. The van der Waals surface area contributed by atoms with Crippen LogP contribution in [0.5, 0.6) is 5.88 Å². The maximum absolute atomic E-state index is 5.11. The number of methoxy groups -OCH3 is 1. The topological polar surface area (TPSA) is 34.1 Å². The Kier molecular flexibility index (Phi) is 3.03. The molecule has 1 saturated heterocycles. The molecule has 0 spiro atoms. The zero-order valence-corrected chi connectivity index (χ0v) is 9.67. The van der Waals surface area contributed by atoms with Crippen LogP contribution in [-0.4, -0.2) is 18.6 Å². The predicted molar refractivity (Wildman–Crippen MR) is 58.5 cm³/mol. The molecule has 0 radical (unpaired) electrons. The van der Waals surface area contributed by atoms with Crippen LogP contribution in [0, 0.1) is 0 Å². The van der Waals surface area contributed by atoms with Crippen molar-refractivity contribution in [3.8, 4) is 5.88 Å². The maximum atomic E-state index is 5.11. The maximum Gasteiger partial charge on any atom is 0.213 e. The number of pyridine rings is 1. The van der Waals surface area contributed by atoms with Gasteiger partial charge in [-0.2, -0.15) is 0 Å². The van der Waals surface area contributed by atoms with E-state index in [9.17, 15) is 0 Å². The van der Waals surface area contributed by atoms with Crippen LogP contribution in [0.4, 0.5) is 0 Å². The first-order valence-corrected chi connectivity index (χ1v) is 5.53. The summed E-state index contributed by atoms with van der Waals surface area (Å²) in [5, 5.41) is 3.45. The number of nitrogens with one attached hydrogen (secondary N) is 1. The molecule has 2 heterocycles. The van der Waals surface area contributed by atoms with Gasteiger partial charge in [0.2, 0.25) is 5.88 Å². The average molecular weight is 257 g/mol. The fourth-order valence-corrected chi connectivity index (χ4v) is 2.26. The minimum Gasteiger partial charge on any atom is -0.481 e. The second kappa shape index (κ2) is 4.28. The molecule has 76 valence electrons. The molecular weight excluding hydrogens is 244 g/mol. The van der Waals surface area contributed by atoms with Crippen molar-refractivity contribution >= 4 is 15.9 Å². The Morgan fingerprint density at radius 1 is 1.64 bits per heavy atom. The lowest BCUT2D eigenvalue weighted by Gasteiger charge is -2.13. The Morgan fingerprint density at radius 3 is 3.14 bits per heavy atom. The van der Waals surface area contributed by atoms with E-state index < -0.39 is 0 Å². The van der Waals surface area contributed by atoms with Crippen molar-refractivity contribution in [2.24, 2.45) is 0 Å². The van der Waals surface area contributed by atoms with Crippen molar-refractivity contribution < 1.29 is 4.74 Å². The minimum atomic E-state index is 0.446. The number of hydrogen-bond donors (Lipinski definition) is 1. The molecule has 0 amide bonds.